The summed E-state index contributed by atoms with van der Waals surface area (Å²) in [5, 5.41) is 3.71. The van der Waals surface area contributed by atoms with Gasteiger partial charge in [-0.2, -0.15) is 0 Å². The van der Waals surface area contributed by atoms with Gasteiger partial charge in [-0.3, -0.25) is 9.59 Å². The Morgan fingerprint density at radius 2 is 2.26 bits per heavy atom. The monoisotopic (exact) mass is 457 g/mol. The third-order valence-electron chi connectivity index (χ3n) is 5.25. The lowest BCUT2D eigenvalue weighted by Crippen LogP contribution is -2.24. The Hall–Kier alpha value is -2.32. The highest BCUT2D eigenvalue weighted by molar-refractivity contribution is 7.99. The second-order valence-corrected chi connectivity index (χ2v) is 9.74. The van der Waals surface area contributed by atoms with Gasteiger partial charge >= 0.3 is 0 Å². The van der Waals surface area contributed by atoms with Gasteiger partial charge in [0.1, 0.15) is 16.4 Å². The lowest BCUT2D eigenvalue weighted by Gasteiger charge is -2.09. The molecule has 0 unspecified atom stereocenters. The van der Waals surface area contributed by atoms with Gasteiger partial charge in [-0.15, -0.1) is 23.1 Å². The predicted molar refractivity (Wildman–Crippen MR) is 127 cm³/mol. The molecule has 0 fully saturated rings. The van der Waals surface area contributed by atoms with Crippen molar-refractivity contribution in [2.24, 2.45) is 0 Å². The number of aryl methyl sites for hydroxylation is 2. The van der Waals surface area contributed by atoms with E-state index in [1.807, 2.05) is 24.3 Å². The largest absolute Gasteiger partial charge is 0.494 e. The third kappa shape index (κ3) is 5.49. The molecule has 2 N–H and O–H groups in total. The number of thioether (sulfide) groups is 1. The van der Waals surface area contributed by atoms with Crippen molar-refractivity contribution in [3.05, 3.63) is 56.4 Å². The maximum atomic E-state index is 12.5. The number of carbonyl (C=O) groups excluding carboxylic acids is 1. The van der Waals surface area contributed by atoms with Crippen molar-refractivity contribution in [2.45, 2.75) is 51.3 Å². The van der Waals surface area contributed by atoms with Crippen LogP contribution in [0.4, 0.5) is 0 Å². The summed E-state index contributed by atoms with van der Waals surface area (Å²) in [5.41, 5.74) is 2.15. The van der Waals surface area contributed by atoms with Gasteiger partial charge in [0.15, 0.2) is 0 Å². The number of H-pyrrole nitrogens is 1. The van der Waals surface area contributed by atoms with Crippen LogP contribution in [0.5, 0.6) is 5.75 Å². The zero-order chi connectivity index (χ0) is 21.6. The van der Waals surface area contributed by atoms with E-state index in [1.165, 1.54) is 22.2 Å². The van der Waals surface area contributed by atoms with Gasteiger partial charge in [0.2, 0.25) is 5.91 Å². The first-order valence-electron chi connectivity index (χ1n) is 10.7. The summed E-state index contributed by atoms with van der Waals surface area (Å²) >= 11 is 3.09. The zero-order valence-electron chi connectivity index (χ0n) is 17.7. The molecule has 0 saturated heterocycles. The normalized spacial score (nSPS) is 12.8. The Balaban J connectivity index is 1.25. The van der Waals surface area contributed by atoms with E-state index in [9.17, 15) is 9.59 Å². The number of aromatic nitrogens is 2. The van der Waals surface area contributed by atoms with Crippen LogP contribution in [-0.4, -0.2) is 28.2 Å². The van der Waals surface area contributed by atoms with Crippen molar-refractivity contribution >= 4 is 39.2 Å². The molecule has 2 aromatic heterocycles. The molecule has 31 heavy (non-hydrogen) atoms. The Morgan fingerprint density at radius 1 is 1.35 bits per heavy atom. The van der Waals surface area contributed by atoms with Crippen molar-refractivity contribution in [2.75, 3.05) is 12.4 Å². The number of unbranched alkanes of at least 4 members (excludes halogenated alkanes) is 1. The highest BCUT2D eigenvalue weighted by Gasteiger charge is 2.21. The molecule has 0 aliphatic heterocycles. The molecule has 0 atom stereocenters. The van der Waals surface area contributed by atoms with E-state index < -0.39 is 0 Å². The Labute approximate surface area is 189 Å². The first kappa shape index (κ1) is 21.9. The standard InChI is InChI=1S/C23H27N3O3S2/c1-2-3-10-29-16-7-4-6-15(11-16)12-24-20(27)14-30-13-19-25-22(28)21-17-8-5-9-18(17)31-23(21)26-19/h4,6-7,11H,2-3,5,8-10,12-14H2,1H3,(H,24,27)(H,25,26,28). The van der Waals surface area contributed by atoms with Crippen LogP contribution in [0.1, 0.15) is 48.0 Å². The number of benzene rings is 1. The number of nitrogens with zero attached hydrogens (tertiary/aromatic N) is 1. The minimum atomic E-state index is -0.0505. The SMILES string of the molecule is CCCCOc1cccc(CNC(=O)CSCc2nc3sc4c(c3c(=O)[nH]2)CCC4)c1. The second-order valence-electron chi connectivity index (χ2n) is 7.67. The lowest BCUT2D eigenvalue weighted by atomic mass is 10.2. The van der Waals surface area contributed by atoms with Crippen molar-refractivity contribution in [1.82, 2.24) is 15.3 Å². The number of hydrogen-bond acceptors (Lipinski definition) is 6. The minimum Gasteiger partial charge on any atom is -0.494 e. The quantitative estimate of drug-likeness (QED) is 0.446. The predicted octanol–water partition coefficient (Wildman–Crippen LogP) is 4.20. The number of rotatable bonds is 10. The molecule has 0 radical (unpaired) electrons. The van der Waals surface area contributed by atoms with Crippen molar-refractivity contribution < 1.29 is 9.53 Å². The maximum Gasteiger partial charge on any atom is 0.259 e. The first-order chi connectivity index (χ1) is 15.1. The number of thiophene rings is 1. The van der Waals surface area contributed by atoms with E-state index >= 15 is 0 Å². The Kier molecular flexibility index (Phi) is 7.29. The van der Waals surface area contributed by atoms with Crippen LogP contribution in [0.2, 0.25) is 0 Å². The van der Waals surface area contributed by atoms with Crippen LogP contribution in [-0.2, 0) is 29.9 Å². The summed E-state index contributed by atoms with van der Waals surface area (Å²) < 4.78 is 5.72. The van der Waals surface area contributed by atoms with Crippen LogP contribution in [0.15, 0.2) is 29.1 Å². The maximum absolute atomic E-state index is 12.5. The molecule has 1 aliphatic rings. The van der Waals surface area contributed by atoms with Gasteiger partial charge in [0.05, 0.1) is 23.5 Å². The first-order valence-corrected chi connectivity index (χ1v) is 12.7. The molecular weight excluding hydrogens is 430 g/mol. The fourth-order valence-electron chi connectivity index (χ4n) is 3.69. The molecule has 1 aliphatic carbocycles. The number of hydrogen-bond donors (Lipinski definition) is 2. The van der Waals surface area contributed by atoms with Crippen LogP contribution in [0.3, 0.4) is 0 Å². The summed E-state index contributed by atoms with van der Waals surface area (Å²) in [6.07, 6.45) is 5.27. The fourth-order valence-corrected chi connectivity index (χ4v) is 5.69. The second kappa shape index (κ2) is 10.3. The number of carbonyl (C=O) groups is 1. The average Bonchev–Trinajstić information content (AvgIpc) is 3.34. The van der Waals surface area contributed by atoms with E-state index in [2.05, 4.69) is 22.2 Å². The van der Waals surface area contributed by atoms with Crippen LogP contribution in [0.25, 0.3) is 10.2 Å². The highest BCUT2D eigenvalue weighted by atomic mass is 32.2. The van der Waals surface area contributed by atoms with Crippen LogP contribution < -0.4 is 15.6 Å². The summed E-state index contributed by atoms with van der Waals surface area (Å²) in [4.78, 5) is 34.4. The molecule has 6 nitrogen and oxygen atoms in total. The lowest BCUT2D eigenvalue weighted by molar-refractivity contribution is -0.118. The molecule has 0 spiro atoms. The highest BCUT2D eigenvalue weighted by Crippen LogP contribution is 2.34. The van der Waals surface area contributed by atoms with E-state index in [0.29, 0.717) is 30.5 Å². The van der Waals surface area contributed by atoms with Crippen molar-refractivity contribution in [3.8, 4) is 5.75 Å². The summed E-state index contributed by atoms with van der Waals surface area (Å²) in [6.45, 7) is 3.30. The fraction of sp³-hybridized carbons (Fsp3) is 0.435. The molecule has 0 bridgehead atoms. The number of nitrogens with one attached hydrogen (secondary N) is 2. The molecule has 8 heteroatoms. The van der Waals surface area contributed by atoms with Crippen molar-refractivity contribution in [3.63, 3.8) is 0 Å². The summed E-state index contributed by atoms with van der Waals surface area (Å²) in [5.74, 6) is 2.24. The summed E-state index contributed by atoms with van der Waals surface area (Å²) in [6, 6.07) is 7.81. The number of amides is 1. The van der Waals surface area contributed by atoms with Gasteiger partial charge in [-0.1, -0.05) is 25.5 Å². The Morgan fingerprint density at radius 3 is 3.13 bits per heavy atom. The van der Waals surface area contributed by atoms with Crippen LogP contribution >= 0.6 is 23.1 Å². The van der Waals surface area contributed by atoms with E-state index in [4.69, 9.17) is 4.74 Å². The number of fused-ring (bicyclic) bond motifs is 3. The average molecular weight is 458 g/mol. The molecule has 2 heterocycles. The smallest absolute Gasteiger partial charge is 0.259 e. The summed E-state index contributed by atoms with van der Waals surface area (Å²) in [7, 11) is 0. The van der Waals surface area contributed by atoms with Gasteiger partial charge in [0, 0.05) is 11.4 Å². The number of aromatic amines is 1. The van der Waals surface area contributed by atoms with Gasteiger partial charge in [0.25, 0.3) is 5.56 Å². The van der Waals surface area contributed by atoms with E-state index in [0.717, 1.165) is 53.6 Å². The molecule has 0 saturated carbocycles. The van der Waals surface area contributed by atoms with Gasteiger partial charge in [-0.25, -0.2) is 4.98 Å². The molecule has 4 rings (SSSR count). The molecule has 1 amide bonds. The zero-order valence-corrected chi connectivity index (χ0v) is 19.3. The van der Waals surface area contributed by atoms with Crippen LogP contribution in [0, 0.1) is 0 Å². The van der Waals surface area contributed by atoms with E-state index in [-0.39, 0.29) is 11.5 Å². The Bertz CT molecular complexity index is 1120. The molecular formula is C23H27N3O3S2. The molecule has 1 aromatic carbocycles. The molecule has 3 aromatic rings. The molecule has 164 valence electrons. The van der Waals surface area contributed by atoms with Gasteiger partial charge in [-0.05, 0) is 48.9 Å². The van der Waals surface area contributed by atoms with E-state index in [1.54, 1.807) is 11.3 Å². The topological polar surface area (TPSA) is 84.1 Å². The van der Waals surface area contributed by atoms with Gasteiger partial charge < -0.3 is 15.0 Å². The minimum absolute atomic E-state index is 0.0409. The van der Waals surface area contributed by atoms with Crippen molar-refractivity contribution in [1.29, 1.82) is 0 Å². The third-order valence-corrected chi connectivity index (χ3v) is 7.38. The number of ether oxygens (including phenoxy) is 1.